The van der Waals surface area contributed by atoms with Crippen LogP contribution in [0.25, 0.3) is 11.1 Å². The summed E-state index contributed by atoms with van der Waals surface area (Å²) in [5, 5.41) is 12.3. The maximum atomic E-state index is 13.1. The van der Waals surface area contributed by atoms with Crippen LogP contribution in [0.4, 0.5) is 4.79 Å². The molecule has 1 aliphatic heterocycles. The van der Waals surface area contributed by atoms with Crippen LogP contribution >= 0.6 is 11.8 Å². The largest absolute Gasteiger partial charge is 0.480 e. The van der Waals surface area contributed by atoms with E-state index in [-0.39, 0.29) is 24.5 Å². The minimum atomic E-state index is -0.979. The topological polar surface area (TPSA) is 95.9 Å². The van der Waals surface area contributed by atoms with E-state index < -0.39 is 24.0 Å². The van der Waals surface area contributed by atoms with E-state index in [2.05, 4.69) is 29.6 Å². The Kier molecular flexibility index (Phi) is 6.01. The molecule has 0 spiro atoms. The highest BCUT2D eigenvalue weighted by Gasteiger charge is 2.42. The molecule has 0 aromatic heterocycles. The van der Waals surface area contributed by atoms with Gasteiger partial charge in [-0.15, -0.1) is 11.8 Å². The summed E-state index contributed by atoms with van der Waals surface area (Å²) in [6.45, 7) is 0.217. The number of alkyl carbamates (subject to hydrolysis) is 1. The third-order valence-electron chi connectivity index (χ3n) is 6.93. The molecule has 2 aromatic carbocycles. The van der Waals surface area contributed by atoms with Crippen LogP contribution < -0.4 is 5.32 Å². The Labute approximate surface area is 196 Å². The van der Waals surface area contributed by atoms with Crippen LogP contribution in [0.15, 0.2) is 48.5 Å². The lowest BCUT2D eigenvalue weighted by atomic mass is 9.98. The second-order valence-corrected chi connectivity index (χ2v) is 9.78. The number of hydrogen-bond acceptors (Lipinski definition) is 5. The number of carbonyl (C=O) groups is 3. The van der Waals surface area contributed by atoms with Gasteiger partial charge >= 0.3 is 12.1 Å². The van der Waals surface area contributed by atoms with Crippen molar-refractivity contribution < 1.29 is 24.2 Å². The summed E-state index contributed by atoms with van der Waals surface area (Å²) in [6, 6.07) is 15.2. The molecule has 2 amide bonds. The van der Waals surface area contributed by atoms with Gasteiger partial charge in [-0.05, 0) is 35.1 Å². The van der Waals surface area contributed by atoms with Crippen LogP contribution in [0.5, 0.6) is 0 Å². The molecule has 172 valence electrons. The number of aliphatic carboxylic acids is 1. The Hall–Kier alpha value is -3.00. The molecule has 3 aliphatic rings. The molecule has 1 heterocycles. The maximum absolute atomic E-state index is 13.1. The van der Waals surface area contributed by atoms with E-state index in [0.717, 1.165) is 17.5 Å². The van der Waals surface area contributed by atoms with Crippen LogP contribution in [-0.2, 0) is 14.3 Å². The molecule has 2 aromatic rings. The number of hydrogen-bond donors (Lipinski definition) is 2. The molecule has 1 saturated heterocycles. The minimum Gasteiger partial charge on any atom is -0.480 e. The molecule has 0 bridgehead atoms. The van der Waals surface area contributed by atoms with Gasteiger partial charge in [-0.25, -0.2) is 9.59 Å². The summed E-state index contributed by atoms with van der Waals surface area (Å²) in [4.78, 5) is 38.7. The highest BCUT2D eigenvalue weighted by atomic mass is 32.2. The first-order valence-corrected chi connectivity index (χ1v) is 12.4. The Morgan fingerprint density at radius 3 is 2.36 bits per heavy atom. The molecule has 7 nitrogen and oxygen atoms in total. The number of carboxylic acids is 1. The zero-order valence-corrected chi connectivity index (χ0v) is 18.9. The molecule has 2 fully saturated rings. The standard InChI is InChI=1S/C25H26N2O5S/c28-23(27-14-33-13-22(27)24(29)30)19-10-5-11-21(19)26-25(31)32-12-20-17-8-3-1-6-15(17)16-7-2-4-9-18(16)20/h1-4,6-9,19-22H,5,10-14H2,(H,26,31)(H,29,30)/t19?,21?,22-/m0/s1. The first-order valence-electron chi connectivity index (χ1n) is 11.3. The summed E-state index contributed by atoms with van der Waals surface area (Å²) < 4.78 is 5.64. The van der Waals surface area contributed by atoms with E-state index in [0.29, 0.717) is 24.5 Å². The molecule has 3 atom stereocenters. The van der Waals surface area contributed by atoms with Crippen molar-refractivity contribution in [1.29, 1.82) is 0 Å². The summed E-state index contributed by atoms with van der Waals surface area (Å²) in [7, 11) is 0. The van der Waals surface area contributed by atoms with Crippen molar-refractivity contribution in [3.05, 3.63) is 59.7 Å². The molecule has 2 N–H and O–H groups in total. The van der Waals surface area contributed by atoms with Gasteiger partial charge in [-0.2, -0.15) is 0 Å². The number of carbonyl (C=O) groups excluding carboxylic acids is 2. The molecular weight excluding hydrogens is 440 g/mol. The number of benzene rings is 2. The minimum absolute atomic E-state index is 0.0258. The summed E-state index contributed by atoms with van der Waals surface area (Å²) in [5.41, 5.74) is 4.62. The van der Waals surface area contributed by atoms with Crippen molar-refractivity contribution in [1.82, 2.24) is 10.2 Å². The van der Waals surface area contributed by atoms with Gasteiger partial charge in [0, 0.05) is 17.7 Å². The quantitative estimate of drug-likeness (QED) is 0.698. The fraction of sp³-hybridized carbons (Fsp3) is 0.400. The van der Waals surface area contributed by atoms with Crippen LogP contribution in [0.1, 0.15) is 36.3 Å². The third kappa shape index (κ3) is 4.08. The van der Waals surface area contributed by atoms with Gasteiger partial charge in [0.05, 0.1) is 11.8 Å². The number of rotatable bonds is 5. The van der Waals surface area contributed by atoms with E-state index in [4.69, 9.17) is 4.74 Å². The van der Waals surface area contributed by atoms with Crippen LogP contribution in [0.3, 0.4) is 0 Å². The number of nitrogens with one attached hydrogen (secondary N) is 1. The van der Waals surface area contributed by atoms with Crippen LogP contribution in [0.2, 0.25) is 0 Å². The number of amides is 2. The van der Waals surface area contributed by atoms with Gasteiger partial charge in [-0.3, -0.25) is 4.79 Å². The van der Waals surface area contributed by atoms with E-state index in [1.165, 1.54) is 27.8 Å². The Bertz CT molecular complexity index is 1040. The molecule has 2 unspecified atom stereocenters. The molecule has 8 heteroatoms. The Balaban J connectivity index is 1.23. The van der Waals surface area contributed by atoms with Gasteiger partial charge in [0.1, 0.15) is 12.6 Å². The maximum Gasteiger partial charge on any atom is 0.407 e. The normalized spacial score (nSPS) is 23.8. The summed E-state index contributed by atoms with van der Waals surface area (Å²) >= 11 is 1.44. The first kappa shape index (κ1) is 21.8. The summed E-state index contributed by atoms with van der Waals surface area (Å²) in [6.07, 6.45) is 1.59. The van der Waals surface area contributed by atoms with Crippen molar-refractivity contribution in [2.45, 2.75) is 37.3 Å². The van der Waals surface area contributed by atoms with E-state index >= 15 is 0 Å². The van der Waals surface area contributed by atoms with Gasteiger partial charge in [0.15, 0.2) is 0 Å². The fourth-order valence-corrected chi connectivity index (χ4v) is 6.45. The second kappa shape index (κ2) is 9.09. The lowest BCUT2D eigenvalue weighted by molar-refractivity contribution is -0.149. The number of carboxylic acid groups (broad SMARTS) is 1. The van der Waals surface area contributed by atoms with Crippen molar-refractivity contribution in [2.75, 3.05) is 18.2 Å². The lowest BCUT2D eigenvalue weighted by Crippen LogP contribution is -2.49. The Morgan fingerprint density at radius 2 is 1.70 bits per heavy atom. The van der Waals surface area contributed by atoms with E-state index in [9.17, 15) is 19.5 Å². The van der Waals surface area contributed by atoms with Gasteiger partial charge in [-0.1, -0.05) is 55.0 Å². The van der Waals surface area contributed by atoms with E-state index in [1.54, 1.807) is 0 Å². The third-order valence-corrected chi connectivity index (χ3v) is 7.94. The lowest BCUT2D eigenvalue weighted by Gasteiger charge is -2.27. The molecule has 33 heavy (non-hydrogen) atoms. The average Bonchev–Trinajstić information content (AvgIpc) is 3.55. The number of ether oxygens (including phenoxy) is 1. The monoisotopic (exact) mass is 466 g/mol. The predicted octanol–water partition coefficient (Wildman–Crippen LogP) is 3.68. The Morgan fingerprint density at radius 1 is 1.03 bits per heavy atom. The van der Waals surface area contributed by atoms with Crippen LogP contribution in [0, 0.1) is 5.92 Å². The van der Waals surface area contributed by atoms with Crippen LogP contribution in [-0.4, -0.2) is 58.3 Å². The molecule has 0 radical (unpaired) electrons. The molecular formula is C25H26N2O5S. The van der Waals surface area contributed by atoms with Gasteiger partial charge < -0.3 is 20.1 Å². The number of nitrogens with zero attached hydrogens (tertiary/aromatic N) is 1. The smallest absolute Gasteiger partial charge is 0.407 e. The summed E-state index contributed by atoms with van der Waals surface area (Å²) in [5.74, 6) is -0.822. The highest BCUT2D eigenvalue weighted by Crippen LogP contribution is 2.44. The highest BCUT2D eigenvalue weighted by molar-refractivity contribution is 7.99. The zero-order valence-electron chi connectivity index (χ0n) is 18.1. The molecule has 5 rings (SSSR count). The number of fused-ring (bicyclic) bond motifs is 3. The van der Waals surface area contributed by atoms with Gasteiger partial charge in [0.25, 0.3) is 0 Å². The first-order chi connectivity index (χ1) is 16.0. The van der Waals surface area contributed by atoms with Crippen molar-refractivity contribution in [3.63, 3.8) is 0 Å². The fourth-order valence-electron chi connectivity index (χ4n) is 5.30. The predicted molar refractivity (Wildman–Crippen MR) is 125 cm³/mol. The SMILES string of the molecule is O=C(NC1CCCC1C(=O)N1CSC[C@H]1C(=O)O)OCC1c2ccccc2-c2ccccc21. The van der Waals surface area contributed by atoms with E-state index in [1.807, 2.05) is 24.3 Å². The average molecular weight is 467 g/mol. The molecule has 2 aliphatic carbocycles. The van der Waals surface area contributed by atoms with Gasteiger partial charge in [0.2, 0.25) is 5.91 Å². The number of thioether (sulfide) groups is 1. The molecule has 1 saturated carbocycles. The van der Waals surface area contributed by atoms with Crippen molar-refractivity contribution in [3.8, 4) is 11.1 Å². The second-order valence-electron chi connectivity index (χ2n) is 8.78. The zero-order chi connectivity index (χ0) is 22.9. The van der Waals surface area contributed by atoms with Crippen molar-refractivity contribution >= 4 is 29.7 Å². The van der Waals surface area contributed by atoms with Crippen molar-refractivity contribution in [2.24, 2.45) is 5.92 Å².